The molecule has 0 saturated heterocycles. The van der Waals surface area contributed by atoms with E-state index in [1.165, 1.54) is 21.7 Å². The fourth-order valence-corrected chi connectivity index (χ4v) is 3.19. The summed E-state index contributed by atoms with van der Waals surface area (Å²) >= 11 is 1.81. The highest BCUT2D eigenvalue weighted by Gasteiger charge is 2.12. The molecule has 2 aromatic rings. The number of hydrogen-bond acceptors (Lipinski definition) is 4. The van der Waals surface area contributed by atoms with Crippen LogP contribution in [0.1, 0.15) is 36.4 Å². The molecule has 0 atom stereocenters. The quantitative estimate of drug-likeness (QED) is 0.875. The number of pyridine rings is 1. The fourth-order valence-electron chi connectivity index (χ4n) is 2.02. The van der Waals surface area contributed by atoms with Crippen LogP contribution >= 0.6 is 11.3 Å². The van der Waals surface area contributed by atoms with E-state index in [9.17, 15) is 0 Å². The number of nitrogens with zero attached hydrogens (tertiary/aromatic N) is 2. The highest BCUT2D eigenvalue weighted by atomic mass is 32.1. The monoisotopic (exact) mass is 275 g/mol. The third kappa shape index (κ3) is 3.39. The Bertz CT molecular complexity index is 534. The second-order valence-electron chi connectivity index (χ2n) is 4.61. The van der Waals surface area contributed by atoms with Crippen molar-refractivity contribution in [1.82, 2.24) is 15.3 Å². The van der Waals surface area contributed by atoms with Crippen molar-refractivity contribution in [2.24, 2.45) is 0 Å². The van der Waals surface area contributed by atoms with Crippen molar-refractivity contribution in [1.29, 1.82) is 0 Å². The Balaban J connectivity index is 2.34. The van der Waals surface area contributed by atoms with Gasteiger partial charge in [0.2, 0.25) is 0 Å². The molecule has 0 spiro atoms. The Kier molecular flexibility index (Phi) is 5.05. The maximum Gasteiger partial charge on any atom is 0.124 e. The molecule has 4 heteroatoms. The summed E-state index contributed by atoms with van der Waals surface area (Å²) in [5.74, 6) is 0. The predicted molar refractivity (Wildman–Crippen MR) is 81.5 cm³/mol. The molecule has 2 heterocycles. The predicted octanol–water partition coefficient (Wildman–Crippen LogP) is 3.58. The molecule has 2 rings (SSSR count). The first-order valence-electron chi connectivity index (χ1n) is 6.86. The Hall–Kier alpha value is -1.26. The topological polar surface area (TPSA) is 37.8 Å². The average molecular weight is 275 g/mol. The van der Waals surface area contributed by atoms with Gasteiger partial charge in [-0.1, -0.05) is 20.3 Å². The second-order valence-corrected chi connectivity index (χ2v) is 5.69. The SMILES string of the molecule is CCCc1nc(-c2ccncc2C)sc1CNCC. The van der Waals surface area contributed by atoms with E-state index in [-0.39, 0.29) is 0 Å². The molecule has 3 nitrogen and oxygen atoms in total. The van der Waals surface area contributed by atoms with Crippen LogP contribution in [0.3, 0.4) is 0 Å². The molecule has 1 N–H and O–H groups in total. The van der Waals surface area contributed by atoms with Crippen molar-refractivity contribution >= 4 is 11.3 Å². The Morgan fingerprint density at radius 2 is 2.16 bits per heavy atom. The molecule has 2 aromatic heterocycles. The third-order valence-electron chi connectivity index (χ3n) is 3.05. The van der Waals surface area contributed by atoms with Gasteiger partial charge in [-0.25, -0.2) is 4.98 Å². The minimum absolute atomic E-state index is 0.924. The Morgan fingerprint density at radius 1 is 1.32 bits per heavy atom. The smallest absolute Gasteiger partial charge is 0.124 e. The Labute approximate surface area is 119 Å². The molecule has 19 heavy (non-hydrogen) atoms. The normalized spacial score (nSPS) is 10.9. The highest BCUT2D eigenvalue weighted by molar-refractivity contribution is 7.15. The van der Waals surface area contributed by atoms with Gasteiger partial charge in [-0.2, -0.15) is 0 Å². The summed E-state index contributed by atoms with van der Waals surface area (Å²) in [7, 11) is 0. The van der Waals surface area contributed by atoms with Gasteiger partial charge in [0.05, 0.1) is 5.69 Å². The lowest BCUT2D eigenvalue weighted by Gasteiger charge is -2.00. The number of thiazole rings is 1. The lowest BCUT2D eigenvalue weighted by Crippen LogP contribution is -2.11. The van der Waals surface area contributed by atoms with E-state index in [2.05, 4.69) is 37.1 Å². The van der Waals surface area contributed by atoms with Crippen molar-refractivity contribution in [3.8, 4) is 10.6 Å². The van der Waals surface area contributed by atoms with Gasteiger partial charge in [0.25, 0.3) is 0 Å². The highest BCUT2D eigenvalue weighted by Crippen LogP contribution is 2.30. The summed E-state index contributed by atoms with van der Waals surface area (Å²) in [6.45, 7) is 8.34. The third-order valence-corrected chi connectivity index (χ3v) is 4.18. The number of aromatic nitrogens is 2. The van der Waals surface area contributed by atoms with Gasteiger partial charge in [-0.3, -0.25) is 4.98 Å². The zero-order chi connectivity index (χ0) is 13.7. The van der Waals surface area contributed by atoms with Crippen molar-refractivity contribution < 1.29 is 0 Å². The summed E-state index contributed by atoms with van der Waals surface area (Å²) < 4.78 is 0. The molecule has 0 radical (unpaired) electrons. The molecule has 0 aliphatic heterocycles. The van der Waals surface area contributed by atoms with Gasteiger partial charge in [-0.05, 0) is 31.5 Å². The van der Waals surface area contributed by atoms with Gasteiger partial charge < -0.3 is 5.32 Å². The van der Waals surface area contributed by atoms with Gasteiger partial charge in [0.1, 0.15) is 5.01 Å². The van der Waals surface area contributed by atoms with Crippen molar-refractivity contribution in [3.05, 3.63) is 34.6 Å². The number of aryl methyl sites for hydroxylation is 2. The summed E-state index contributed by atoms with van der Waals surface area (Å²) in [4.78, 5) is 10.4. The van der Waals surface area contributed by atoms with Crippen LogP contribution in [-0.2, 0) is 13.0 Å². The van der Waals surface area contributed by atoms with Crippen LogP contribution < -0.4 is 5.32 Å². The van der Waals surface area contributed by atoms with Crippen LogP contribution in [0, 0.1) is 6.92 Å². The standard InChI is InChI=1S/C15H21N3S/c1-4-6-13-14(10-16-5-2)19-15(18-13)12-7-8-17-9-11(12)3/h7-9,16H,4-6,10H2,1-3H3. The van der Waals surface area contributed by atoms with Crippen molar-refractivity contribution in [2.75, 3.05) is 6.54 Å². The minimum atomic E-state index is 0.924. The first kappa shape index (κ1) is 14.2. The maximum absolute atomic E-state index is 4.83. The molecule has 0 aliphatic carbocycles. The van der Waals surface area contributed by atoms with E-state index in [1.54, 1.807) is 11.3 Å². The van der Waals surface area contributed by atoms with Crippen LogP contribution in [0.4, 0.5) is 0 Å². The van der Waals surface area contributed by atoms with E-state index in [0.29, 0.717) is 0 Å². The molecular weight excluding hydrogens is 254 g/mol. The largest absolute Gasteiger partial charge is 0.312 e. The first-order chi connectivity index (χ1) is 9.26. The summed E-state index contributed by atoms with van der Waals surface area (Å²) in [6.07, 6.45) is 5.94. The summed E-state index contributed by atoms with van der Waals surface area (Å²) in [5.41, 5.74) is 3.65. The minimum Gasteiger partial charge on any atom is -0.312 e. The molecule has 0 fully saturated rings. The van der Waals surface area contributed by atoms with Crippen molar-refractivity contribution in [2.45, 2.75) is 40.2 Å². The lowest BCUT2D eigenvalue weighted by atomic mass is 10.2. The lowest BCUT2D eigenvalue weighted by molar-refractivity contribution is 0.723. The molecule has 0 amide bonds. The molecular formula is C15H21N3S. The van der Waals surface area contributed by atoms with E-state index in [1.807, 2.05) is 12.4 Å². The Morgan fingerprint density at radius 3 is 2.84 bits per heavy atom. The van der Waals surface area contributed by atoms with E-state index >= 15 is 0 Å². The molecule has 102 valence electrons. The zero-order valence-corrected chi connectivity index (χ0v) is 12.7. The molecule has 0 saturated carbocycles. The van der Waals surface area contributed by atoms with Gasteiger partial charge in [0.15, 0.2) is 0 Å². The van der Waals surface area contributed by atoms with Crippen LogP contribution in [-0.4, -0.2) is 16.5 Å². The van der Waals surface area contributed by atoms with Crippen molar-refractivity contribution in [3.63, 3.8) is 0 Å². The van der Waals surface area contributed by atoms with E-state index in [0.717, 1.165) is 30.9 Å². The van der Waals surface area contributed by atoms with Crippen LogP contribution in [0.5, 0.6) is 0 Å². The zero-order valence-electron chi connectivity index (χ0n) is 11.9. The number of rotatable bonds is 6. The van der Waals surface area contributed by atoms with Crippen LogP contribution in [0.2, 0.25) is 0 Å². The van der Waals surface area contributed by atoms with Gasteiger partial charge in [0, 0.05) is 29.4 Å². The number of hydrogen-bond donors (Lipinski definition) is 1. The molecule has 0 aliphatic rings. The molecule has 0 bridgehead atoms. The van der Waals surface area contributed by atoms with E-state index in [4.69, 9.17) is 4.98 Å². The first-order valence-corrected chi connectivity index (χ1v) is 7.68. The molecule has 0 aromatic carbocycles. The maximum atomic E-state index is 4.83. The molecule has 0 unspecified atom stereocenters. The average Bonchev–Trinajstić information content (AvgIpc) is 2.80. The number of nitrogens with one attached hydrogen (secondary N) is 1. The summed E-state index contributed by atoms with van der Waals surface area (Å²) in [5, 5.41) is 4.52. The fraction of sp³-hybridized carbons (Fsp3) is 0.467. The second kappa shape index (κ2) is 6.78. The van der Waals surface area contributed by atoms with Gasteiger partial charge in [-0.15, -0.1) is 11.3 Å². The van der Waals surface area contributed by atoms with Crippen LogP contribution in [0.25, 0.3) is 10.6 Å². The van der Waals surface area contributed by atoms with E-state index < -0.39 is 0 Å². The summed E-state index contributed by atoms with van der Waals surface area (Å²) in [6, 6.07) is 2.06. The van der Waals surface area contributed by atoms with Gasteiger partial charge >= 0.3 is 0 Å². The van der Waals surface area contributed by atoms with Crippen LogP contribution in [0.15, 0.2) is 18.5 Å².